The molecule has 0 saturated carbocycles. The number of amides is 1. The molecule has 17 heavy (non-hydrogen) atoms. The van der Waals surface area contributed by atoms with Crippen LogP contribution in [0, 0.1) is 0 Å². The van der Waals surface area contributed by atoms with Crippen LogP contribution in [0.15, 0.2) is 16.6 Å². The van der Waals surface area contributed by atoms with Gasteiger partial charge in [-0.1, -0.05) is 31.9 Å². The highest BCUT2D eigenvalue weighted by Crippen LogP contribution is 2.33. The summed E-state index contributed by atoms with van der Waals surface area (Å²) in [7, 11) is 0. The van der Waals surface area contributed by atoms with Gasteiger partial charge in [-0.15, -0.1) is 0 Å². The van der Waals surface area contributed by atoms with Crippen molar-refractivity contribution in [1.82, 2.24) is 0 Å². The van der Waals surface area contributed by atoms with E-state index in [9.17, 15) is 9.59 Å². The molecule has 0 aromatic heterocycles. The van der Waals surface area contributed by atoms with Crippen LogP contribution in [0.5, 0.6) is 0 Å². The third-order valence-corrected chi connectivity index (χ3v) is 4.03. The van der Waals surface area contributed by atoms with E-state index in [4.69, 9.17) is 0 Å². The van der Waals surface area contributed by atoms with Crippen molar-refractivity contribution in [2.24, 2.45) is 0 Å². The average molecular weight is 361 g/mol. The molecule has 1 amide bonds. The van der Waals surface area contributed by atoms with Gasteiger partial charge in [0.1, 0.15) is 0 Å². The van der Waals surface area contributed by atoms with E-state index < -0.39 is 0 Å². The van der Waals surface area contributed by atoms with Gasteiger partial charge < -0.3 is 4.90 Å². The molecule has 90 valence electrons. The van der Waals surface area contributed by atoms with Crippen LogP contribution in [0.1, 0.15) is 22.8 Å². The van der Waals surface area contributed by atoms with Crippen molar-refractivity contribution in [2.45, 2.75) is 13.3 Å². The fraction of sp³-hybridized carbons (Fsp3) is 0.333. The summed E-state index contributed by atoms with van der Waals surface area (Å²) >= 11 is 6.56. The zero-order valence-electron chi connectivity index (χ0n) is 9.30. The van der Waals surface area contributed by atoms with Crippen molar-refractivity contribution in [1.29, 1.82) is 0 Å². The molecule has 1 aliphatic rings. The van der Waals surface area contributed by atoms with Gasteiger partial charge in [-0.3, -0.25) is 9.59 Å². The maximum Gasteiger partial charge on any atom is 0.223 e. The summed E-state index contributed by atoms with van der Waals surface area (Å²) in [4.78, 5) is 24.9. The number of halogens is 2. The van der Waals surface area contributed by atoms with E-state index in [-0.39, 0.29) is 17.0 Å². The van der Waals surface area contributed by atoms with E-state index in [1.54, 1.807) is 17.9 Å². The number of carbonyl (C=O) groups is 2. The van der Waals surface area contributed by atoms with Gasteiger partial charge in [-0.2, -0.15) is 0 Å². The van der Waals surface area contributed by atoms with Crippen LogP contribution >= 0.6 is 31.9 Å². The van der Waals surface area contributed by atoms with E-state index in [1.165, 1.54) is 0 Å². The highest BCUT2D eigenvalue weighted by Gasteiger charge is 2.24. The summed E-state index contributed by atoms with van der Waals surface area (Å²) in [5.74, 6) is 0.0263. The smallest absolute Gasteiger partial charge is 0.223 e. The zero-order chi connectivity index (χ0) is 12.6. The molecule has 0 atom stereocenters. The molecule has 1 aromatic rings. The predicted molar refractivity (Wildman–Crippen MR) is 74.0 cm³/mol. The Hall–Kier alpha value is -0.680. The number of nitrogens with zero attached hydrogens (tertiary/aromatic N) is 1. The van der Waals surface area contributed by atoms with E-state index >= 15 is 0 Å². The summed E-state index contributed by atoms with van der Waals surface area (Å²) in [5, 5.41) is 0.282. The second-order valence-corrected chi connectivity index (χ2v) is 5.35. The van der Waals surface area contributed by atoms with Gasteiger partial charge >= 0.3 is 0 Å². The van der Waals surface area contributed by atoms with Crippen LogP contribution in [0.3, 0.4) is 0 Å². The zero-order valence-corrected chi connectivity index (χ0v) is 12.5. The van der Waals surface area contributed by atoms with E-state index in [0.29, 0.717) is 12.1 Å². The highest BCUT2D eigenvalue weighted by molar-refractivity contribution is 9.10. The van der Waals surface area contributed by atoms with Crippen LogP contribution in [0.25, 0.3) is 0 Å². The Morgan fingerprint density at radius 2 is 2.12 bits per heavy atom. The molecule has 5 heteroatoms. The highest BCUT2D eigenvalue weighted by atomic mass is 79.9. The molecular formula is C12H11Br2NO2. The Morgan fingerprint density at radius 3 is 2.71 bits per heavy atom. The average Bonchev–Trinajstić information content (AvgIpc) is 2.69. The Morgan fingerprint density at radius 1 is 1.41 bits per heavy atom. The molecular weight excluding hydrogens is 350 g/mol. The van der Waals surface area contributed by atoms with Gasteiger partial charge in [-0.25, -0.2) is 0 Å². The van der Waals surface area contributed by atoms with Crippen molar-refractivity contribution in [3.63, 3.8) is 0 Å². The SMILES string of the molecule is CC(=O)N1CCc2cc(Br)c(C(=O)CBr)cc21. The number of hydrogen-bond acceptors (Lipinski definition) is 2. The monoisotopic (exact) mass is 359 g/mol. The number of fused-ring (bicyclic) bond motifs is 1. The van der Waals surface area contributed by atoms with Crippen molar-refractivity contribution in [2.75, 3.05) is 16.8 Å². The number of Topliss-reactive ketones (excluding diaryl/α,β-unsaturated/α-hetero) is 1. The van der Waals surface area contributed by atoms with Crippen molar-refractivity contribution in [3.8, 4) is 0 Å². The van der Waals surface area contributed by atoms with Crippen LogP contribution in [-0.2, 0) is 11.2 Å². The first-order valence-electron chi connectivity index (χ1n) is 5.24. The van der Waals surface area contributed by atoms with Gasteiger partial charge in [0.15, 0.2) is 5.78 Å². The maximum atomic E-state index is 11.7. The molecule has 0 saturated heterocycles. The molecule has 0 aliphatic carbocycles. The summed E-state index contributed by atoms with van der Waals surface area (Å²) in [5.41, 5.74) is 2.59. The first kappa shape index (κ1) is 12.8. The Kier molecular flexibility index (Phi) is 3.68. The second kappa shape index (κ2) is 4.90. The molecule has 1 aliphatic heterocycles. The lowest BCUT2D eigenvalue weighted by atomic mass is 10.1. The third-order valence-electron chi connectivity index (χ3n) is 2.87. The Balaban J connectivity index is 2.50. The van der Waals surface area contributed by atoms with E-state index in [0.717, 1.165) is 22.1 Å². The fourth-order valence-corrected chi connectivity index (χ4v) is 2.93. The van der Waals surface area contributed by atoms with Crippen LogP contribution in [-0.4, -0.2) is 23.6 Å². The minimum atomic E-state index is 0.00933. The number of benzene rings is 1. The standard InChI is InChI=1S/C12H11Br2NO2/c1-7(16)15-3-2-8-4-10(14)9(5-11(8)15)12(17)6-13/h4-5H,2-3,6H2,1H3. The lowest BCUT2D eigenvalue weighted by molar-refractivity contribution is -0.116. The van der Waals surface area contributed by atoms with E-state index in [1.807, 2.05) is 6.07 Å². The van der Waals surface area contributed by atoms with Crippen LogP contribution in [0.2, 0.25) is 0 Å². The minimum absolute atomic E-state index is 0.00933. The van der Waals surface area contributed by atoms with Crippen molar-refractivity contribution < 1.29 is 9.59 Å². The fourth-order valence-electron chi connectivity index (χ4n) is 2.02. The summed E-state index contributed by atoms with van der Waals surface area (Å²) in [6.07, 6.45) is 0.844. The summed E-state index contributed by atoms with van der Waals surface area (Å²) < 4.78 is 0.797. The van der Waals surface area contributed by atoms with Gasteiger partial charge in [0.2, 0.25) is 5.91 Å². The lowest BCUT2D eigenvalue weighted by Gasteiger charge is -2.15. The first-order valence-corrected chi connectivity index (χ1v) is 7.15. The van der Waals surface area contributed by atoms with Gasteiger partial charge in [0, 0.05) is 29.2 Å². The van der Waals surface area contributed by atoms with E-state index in [2.05, 4.69) is 31.9 Å². The molecule has 0 fully saturated rings. The number of anilines is 1. The molecule has 2 rings (SSSR count). The van der Waals surface area contributed by atoms with Crippen molar-refractivity contribution in [3.05, 3.63) is 27.7 Å². The largest absolute Gasteiger partial charge is 0.312 e. The third kappa shape index (κ3) is 2.31. The number of carbonyl (C=O) groups excluding carboxylic acids is 2. The molecule has 0 radical (unpaired) electrons. The number of rotatable bonds is 2. The lowest BCUT2D eigenvalue weighted by Crippen LogP contribution is -2.25. The summed E-state index contributed by atoms with van der Waals surface area (Å²) in [6.45, 7) is 2.24. The van der Waals surface area contributed by atoms with Crippen LogP contribution in [0.4, 0.5) is 5.69 Å². The van der Waals surface area contributed by atoms with Gasteiger partial charge in [-0.05, 0) is 24.1 Å². The minimum Gasteiger partial charge on any atom is -0.312 e. The van der Waals surface area contributed by atoms with Crippen LogP contribution < -0.4 is 4.90 Å². The number of alkyl halides is 1. The number of hydrogen-bond donors (Lipinski definition) is 0. The Bertz CT molecular complexity index is 500. The summed E-state index contributed by atoms with van der Waals surface area (Å²) in [6, 6.07) is 3.74. The molecule has 0 unspecified atom stereocenters. The molecule has 1 aromatic carbocycles. The molecule has 0 spiro atoms. The predicted octanol–water partition coefficient (Wildman–Crippen LogP) is 2.94. The molecule has 1 heterocycles. The maximum absolute atomic E-state index is 11.7. The van der Waals surface area contributed by atoms with Gasteiger partial charge in [0.05, 0.1) is 5.33 Å². The van der Waals surface area contributed by atoms with Crippen molar-refractivity contribution >= 4 is 49.2 Å². The quantitative estimate of drug-likeness (QED) is 0.600. The molecule has 3 nitrogen and oxygen atoms in total. The van der Waals surface area contributed by atoms with Gasteiger partial charge in [0.25, 0.3) is 0 Å². The number of ketones is 1. The second-order valence-electron chi connectivity index (χ2n) is 3.94. The Labute approximate surface area is 116 Å². The topological polar surface area (TPSA) is 37.4 Å². The molecule has 0 bridgehead atoms. The first-order chi connectivity index (χ1) is 8.04. The normalized spacial score (nSPS) is 13.7. The molecule has 0 N–H and O–H groups in total.